The van der Waals surface area contributed by atoms with Crippen molar-refractivity contribution in [3.05, 3.63) is 29.3 Å². The second kappa shape index (κ2) is 3.59. The van der Waals surface area contributed by atoms with E-state index in [9.17, 15) is 5.11 Å². The molecular formula is C12H16OS. The van der Waals surface area contributed by atoms with Gasteiger partial charge in [-0.15, -0.1) is 11.8 Å². The molecule has 2 rings (SSSR count). The van der Waals surface area contributed by atoms with Crippen LogP contribution in [0.5, 0.6) is 0 Å². The summed E-state index contributed by atoms with van der Waals surface area (Å²) in [6.07, 6.45) is 2.47. The summed E-state index contributed by atoms with van der Waals surface area (Å²) >= 11 is 1.91. The molecule has 0 fully saturated rings. The van der Waals surface area contributed by atoms with Crippen LogP contribution >= 0.6 is 11.8 Å². The van der Waals surface area contributed by atoms with E-state index in [0.29, 0.717) is 0 Å². The van der Waals surface area contributed by atoms with E-state index in [4.69, 9.17) is 0 Å². The van der Waals surface area contributed by atoms with Crippen LogP contribution in [-0.4, -0.2) is 10.9 Å². The predicted octanol–water partition coefficient (Wildman–Crippen LogP) is 2.95. The average molecular weight is 208 g/mol. The standard InChI is InChI=1S/C12H16OS/c1-12(2,13)10-6-5-9-4-3-7-14-11(9)8-10/h5-6,8,13H,3-4,7H2,1-2H3. The first-order valence-electron chi connectivity index (χ1n) is 5.06. The summed E-state index contributed by atoms with van der Waals surface area (Å²) in [6.45, 7) is 3.67. The number of fused-ring (bicyclic) bond motifs is 1. The predicted molar refractivity (Wildman–Crippen MR) is 60.7 cm³/mol. The van der Waals surface area contributed by atoms with Crippen LogP contribution < -0.4 is 0 Å². The van der Waals surface area contributed by atoms with Crippen molar-refractivity contribution in [1.29, 1.82) is 0 Å². The zero-order chi connectivity index (χ0) is 10.2. The lowest BCUT2D eigenvalue weighted by Gasteiger charge is -2.22. The fraction of sp³-hybridized carbons (Fsp3) is 0.500. The summed E-state index contributed by atoms with van der Waals surface area (Å²) in [4.78, 5) is 1.36. The van der Waals surface area contributed by atoms with Crippen molar-refractivity contribution in [2.24, 2.45) is 0 Å². The maximum Gasteiger partial charge on any atom is 0.0840 e. The zero-order valence-electron chi connectivity index (χ0n) is 8.71. The zero-order valence-corrected chi connectivity index (χ0v) is 9.53. The lowest BCUT2D eigenvalue weighted by atomic mass is 9.96. The molecule has 1 heterocycles. The van der Waals surface area contributed by atoms with Crippen LogP contribution in [0, 0.1) is 0 Å². The molecule has 1 aromatic carbocycles. The molecule has 0 spiro atoms. The molecular weight excluding hydrogens is 192 g/mol. The SMILES string of the molecule is CC(C)(O)c1ccc2c(c1)SCCC2. The van der Waals surface area contributed by atoms with Crippen LogP contribution in [0.2, 0.25) is 0 Å². The first-order chi connectivity index (χ1) is 6.57. The molecule has 0 aromatic heterocycles. The molecule has 1 nitrogen and oxygen atoms in total. The molecule has 1 aromatic rings. The number of benzene rings is 1. The van der Waals surface area contributed by atoms with Gasteiger partial charge in [0.1, 0.15) is 0 Å². The van der Waals surface area contributed by atoms with Gasteiger partial charge in [0.05, 0.1) is 5.60 Å². The Morgan fingerprint density at radius 3 is 2.86 bits per heavy atom. The molecule has 0 atom stereocenters. The Morgan fingerprint density at radius 1 is 1.36 bits per heavy atom. The minimum atomic E-state index is -0.715. The highest BCUT2D eigenvalue weighted by Crippen LogP contribution is 2.33. The third-order valence-corrected chi connectivity index (χ3v) is 3.81. The molecule has 76 valence electrons. The second-order valence-electron chi connectivity index (χ2n) is 4.33. The summed E-state index contributed by atoms with van der Waals surface area (Å²) in [7, 11) is 0. The van der Waals surface area contributed by atoms with Gasteiger partial charge < -0.3 is 5.11 Å². The van der Waals surface area contributed by atoms with Gasteiger partial charge >= 0.3 is 0 Å². The smallest absolute Gasteiger partial charge is 0.0840 e. The van der Waals surface area contributed by atoms with Crippen LogP contribution in [0.1, 0.15) is 31.4 Å². The molecule has 2 heteroatoms. The van der Waals surface area contributed by atoms with Crippen LogP contribution in [0.15, 0.2) is 23.1 Å². The fourth-order valence-corrected chi connectivity index (χ4v) is 2.80. The van der Waals surface area contributed by atoms with Gasteiger partial charge in [-0.25, -0.2) is 0 Å². The van der Waals surface area contributed by atoms with Crippen LogP contribution in [-0.2, 0) is 12.0 Å². The lowest BCUT2D eigenvalue weighted by Crippen LogP contribution is -2.16. The average Bonchev–Trinajstić information content (AvgIpc) is 2.16. The molecule has 0 unspecified atom stereocenters. The number of rotatable bonds is 1. The molecule has 1 N–H and O–H groups in total. The normalized spacial score (nSPS) is 16.5. The summed E-state index contributed by atoms with van der Waals surface area (Å²) in [5.74, 6) is 1.21. The third kappa shape index (κ3) is 1.96. The Balaban J connectivity index is 2.39. The van der Waals surface area contributed by atoms with Crippen LogP contribution in [0.25, 0.3) is 0 Å². The quantitative estimate of drug-likeness (QED) is 0.765. The highest BCUT2D eigenvalue weighted by Gasteiger charge is 2.18. The minimum Gasteiger partial charge on any atom is -0.386 e. The maximum absolute atomic E-state index is 9.88. The Bertz CT molecular complexity index is 339. The molecule has 0 saturated heterocycles. The van der Waals surface area contributed by atoms with E-state index >= 15 is 0 Å². The largest absolute Gasteiger partial charge is 0.386 e. The monoisotopic (exact) mass is 208 g/mol. The molecule has 0 bridgehead atoms. The first kappa shape index (κ1) is 10.1. The highest BCUT2D eigenvalue weighted by molar-refractivity contribution is 7.99. The van der Waals surface area contributed by atoms with Crippen LogP contribution in [0.4, 0.5) is 0 Å². The maximum atomic E-state index is 9.88. The highest BCUT2D eigenvalue weighted by atomic mass is 32.2. The van der Waals surface area contributed by atoms with Crippen molar-refractivity contribution < 1.29 is 5.11 Å². The Kier molecular flexibility index (Phi) is 2.58. The van der Waals surface area contributed by atoms with Crippen molar-refractivity contribution in [3.8, 4) is 0 Å². The number of hydrogen-bond acceptors (Lipinski definition) is 2. The number of hydrogen-bond donors (Lipinski definition) is 1. The lowest BCUT2D eigenvalue weighted by molar-refractivity contribution is 0.0783. The minimum absolute atomic E-state index is 0.715. The van der Waals surface area contributed by atoms with Crippen LogP contribution in [0.3, 0.4) is 0 Å². The summed E-state index contributed by atoms with van der Waals surface area (Å²) in [5, 5.41) is 9.88. The summed E-state index contributed by atoms with van der Waals surface area (Å²) in [6, 6.07) is 6.35. The van der Waals surface area contributed by atoms with E-state index in [1.165, 1.54) is 29.1 Å². The molecule has 0 amide bonds. The van der Waals surface area contributed by atoms with E-state index < -0.39 is 5.60 Å². The van der Waals surface area contributed by atoms with Crippen molar-refractivity contribution in [2.75, 3.05) is 5.75 Å². The van der Waals surface area contributed by atoms with E-state index in [0.717, 1.165) is 5.56 Å². The van der Waals surface area contributed by atoms with Gasteiger partial charge in [-0.2, -0.15) is 0 Å². The molecule has 0 saturated carbocycles. The molecule has 0 aliphatic carbocycles. The van der Waals surface area contributed by atoms with Crippen molar-refractivity contribution in [3.63, 3.8) is 0 Å². The summed E-state index contributed by atoms with van der Waals surface area (Å²) in [5.41, 5.74) is 1.74. The van der Waals surface area contributed by atoms with Gasteiger partial charge in [0, 0.05) is 4.90 Å². The van der Waals surface area contributed by atoms with Gasteiger partial charge in [-0.3, -0.25) is 0 Å². The van der Waals surface area contributed by atoms with Crippen molar-refractivity contribution >= 4 is 11.8 Å². The van der Waals surface area contributed by atoms with E-state index in [1.54, 1.807) is 0 Å². The van der Waals surface area contributed by atoms with Crippen molar-refractivity contribution in [2.45, 2.75) is 37.2 Å². The number of thioether (sulfide) groups is 1. The Morgan fingerprint density at radius 2 is 2.14 bits per heavy atom. The number of aryl methyl sites for hydroxylation is 1. The number of aliphatic hydroxyl groups is 1. The second-order valence-corrected chi connectivity index (χ2v) is 5.47. The van der Waals surface area contributed by atoms with Gasteiger partial charge in [-0.1, -0.05) is 12.1 Å². The fourth-order valence-electron chi connectivity index (χ4n) is 1.72. The molecule has 1 aliphatic rings. The van der Waals surface area contributed by atoms with Gasteiger partial charge in [0.25, 0.3) is 0 Å². The summed E-state index contributed by atoms with van der Waals surface area (Å²) < 4.78 is 0. The van der Waals surface area contributed by atoms with E-state index in [2.05, 4.69) is 12.1 Å². The Hall–Kier alpha value is -0.470. The molecule has 1 aliphatic heterocycles. The topological polar surface area (TPSA) is 20.2 Å². The Labute approximate surface area is 89.5 Å². The van der Waals surface area contributed by atoms with Gasteiger partial charge in [0.2, 0.25) is 0 Å². The molecule has 14 heavy (non-hydrogen) atoms. The third-order valence-electron chi connectivity index (χ3n) is 2.62. The van der Waals surface area contributed by atoms with Gasteiger partial charge in [-0.05, 0) is 49.6 Å². The van der Waals surface area contributed by atoms with Gasteiger partial charge in [0.15, 0.2) is 0 Å². The van der Waals surface area contributed by atoms with Crippen molar-refractivity contribution in [1.82, 2.24) is 0 Å². The molecule has 0 radical (unpaired) electrons. The first-order valence-corrected chi connectivity index (χ1v) is 6.04. The van der Waals surface area contributed by atoms with E-state index in [-0.39, 0.29) is 0 Å². The van der Waals surface area contributed by atoms with E-state index in [1.807, 2.05) is 31.7 Å².